The highest BCUT2D eigenvalue weighted by atomic mass is 16.4. The number of carbonyl (C=O) groups is 1. The van der Waals surface area contributed by atoms with Crippen LogP contribution in [0.25, 0.3) is 11.5 Å². The van der Waals surface area contributed by atoms with Gasteiger partial charge in [0.1, 0.15) is 0 Å². The first-order chi connectivity index (χ1) is 13.6. The van der Waals surface area contributed by atoms with Crippen molar-refractivity contribution >= 4 is 11.9 Å². The average molecular weight is 375 g/mol. The van der Waals surface area contributed by atoms with Crippen molar-refractivity contribution in [3.05, 3.63) is 64.7 Å². The van der Waals surface area contributed by atoms with E-state index in [2.05, 4.69) is 53.6 Å². The Balaban J connectivity index is 1.41. The van der Waals surface area contributed by atoms with E-state index in [-0.39, 0.29) is 18.3 Å². The summed E-state index contributed by atoms with van der Waals surface area (Å²) < 4.78 is 5.67. The molecule has 0 aliphatic heterocycles. The Morgan fingerprint density at radius 1 is 1.04 bits per heavy atom. The van der Waals surface area contributed by atoms with Crippen molar-refractivity contribution < 1.29 is 9.21 Å². The van der Waals surface area contributed by atoms with Gasteiger partial charge in [0.15, 0.2) is 0 Å². The summed E-state index contributed by atoms with van der Waals surface area (Å²) in [6.45, 7) is 4.30. The number of hydrogen-bond donors (Lipinski definition) is 1. The van der Waals surface area contributed by atoms with Crippen LogP contribution in [0.5, 0.6) is 0 Å². The van der Waals surface area contributed by atoms with Crippen LogP contribution in [0, 0.1) is 0 Å². The normalized spacial score (nSPS) is 13.4. The molecule has 144 valence electrons. The number of nitrogens with zero attached hydrogens (tertiary/aromatic N) is 2. The number of hydrogen-bond acceptors (Lipinski definition) is 4. The molecule has 5 nitrogen and oxygen atoms in total. The molecule has 28 heavy (non-hydrogen) atoms. The van der Waals surface area contributed by atoms with Gasteiger partial charge in [-0.05, 0) is 66.0 Å². The first-order valence-electron chi connectivity index (χ1n) is 9.93. The number of aryl methyl sites for hydroxylation is 2. The Morgan fingerprint density at radius 2 is 1.79 bits per heavy atom. The van der Waals surface area contributed by atoms with Gasteiger partial charge in [0.25, 0.3) is 0 Å². The van der Waals surface area contributed by atoms with Crippen LogP contribution in [0.4, 0.5) is 6.01 Å². The van der Waals surface area contributed by atoms with E-state index in [0.717, 1.165) is 24.0 Å². The lowest BCUT2D eigenvalue weighted by Gasteiger charge is -2.15. The van der Waals surface area contributed by atoms with Crippen molar-refractivity contribution in [2.75, 3.05) is 5.32 Å². The molecular weight excluding hydrogens is 350 g/mol. The van der Waals surface area contributed by atoms with Gasteiger partial charge in [-0.3, -0.25) is 10.1 Å². The summed E-state index contributed by atoms with van der Waals surface area (Å²) in [6.07, 6.45) is 4.98. The van der Waals surface area contributed by atoms with Crippen molar-refractivity contribution in [2.45, 2.75) is 51.9 Å². The van der Waals surface area contributed by atoms with Gasteiger partial charge in [0.05, 0.1) is 6.42 Å². The Hall–Kier alpha value is -2.95. The third kappa shape index (κ3) is 4.14. The fourth-order valence-electron chi connectivity index (χ4n) is 3.63. The van der Waals surface area contributed by atoms with E-state index in [4.69, 9.17) is 4.42 Å². The van der Waals surface area contributed by atoms with E-state index in [9.17, 15) is 4.79 Å². The highest BCUT2D eigenvalue weighted by Gasteiger charge is 2.15. The number of fused-ring (bicyclic) bond motifs is 1. The quantitative estimate of drug-likeness (QED) is 0.687. The van der Waals surface area contributed by atoms with Gasteiger partial charge in [0.2, 0.25) is 11.8 Å². The average Bonchev–Trinajstić information content (AvgIpc) is 3.16. The summed E-state index contributed by atoms with van der Waals surface area (Å²) in [5.74, 6) is 0.742. The molecule has 0 fully saturated rings. The first kappa shape index (κ1) is 18.4. The lowest BCUT2D eigenvalue weighted by molar-refractivity contribution is -0.115. The zero-order chi connectivity index (χ0) is 19.5. The van der Waals surface area contributed by atoms with Crippen LogP contribution in [-0.4, -0.2) is 16.1 Å². The number of anilines is 1. The molecule has 1 aromatic heterocycles. The van der Waals surface area contributed by atoms with Crippen LogP contribution in [0.2, 0.25) is 0 Å². The van der Waals surface area contributed by atoms with E-state index in [1.165, 1.54) is 29.5 Å². The molecule has 1 amide bonds. The summed E-state index contributed by atoms with van der Waals surface area (Å²) in [7, 11) is 0. The molecule has 0 bridgehead atoms. The molecule has 1 heterocycles. The zero-order valence-corrected chi connectivity index (χ0v) is 16.4. The van der Waals surface area contributed by atoms with Crippen molar-refractivity contribution in [1.29, 1.82) is 0 Å². The van der Waals surface area contributed by atoms with Crippen molar-refractivity contribution in [2.24, 2.45) is 0 Å². The molecule has 4 rings (SSSR count). The molecule has 0 spiro atoms. The summed E-state index contributed by atoms with van der Waals surface area (Å²) in [5, 5.41) is 10.8. The third-order valence-corrected chi connectivity index (χ3v) is 5.28. The number of amides is 1. The molecule has 5 heteroatoms. The van der Waals surface area contributed by atoms with E-state index in [1.54, 1.807) is 0 Å². The van der Waals surface area contributed by atoms with Crippen LogP contribution in [0.1, 0.15) is 54.9 Å². The fourth-order valence-corrected chi connectivity index (χ4v) is 3.63. The topological polar surface area (TPSA) is 68.0 Å². The summed E-state index contributed by atoms with van der Waals surface area (Å²) in [4.78, 5) is 12.3. The first-order valence-corrected chi connectivity index (χ1v) is 9.93. The predicted molar refractivity (Wildman–Crippen MR) is 109 cm³/mol. The minimum absolute atomic E-state index is 0.136. The Labute approximate surface area is 165 Å². The molecule has 0 saturated heterocycles. The molecule has 0 atom stereocenters. The summed E-state index contributed by atoms with van der Waals surface area (Å²) >= 11 is 0. The van der Waals surface area contributed by atoms with Gasteiger partial charge in [-0.2, -0.15) is 0 Å². The highest BCUT2D eigenvalue weighted by Crippen LogP contribution is 2.27. The van der Waals surface area contributed by atoms with Gasteiger partial charge >= 0.3 is 6.01 Å². The van der Waals surface area contributed by atoms with Gasteiger partial charge in [-0.15, -0.1) is 5.10 Å². The second-order valence-electron chi connectivity index (χ2n) is 7.72. The Bertz CT molecular complexity index is 974. The van der Waals surface area contributed by atoms with E-state index >= 15 is 0 Å². The number of nitrogens with one attached hydrogen (secondary N) is 1. The lowest BCUT2D eigenvalue weighted by atomic mass is 9.90. The monoisotopic (exact) mass is 375 g/mol. The summed E-state index contributed by atoms with van der Waals surface area (Å²) in [5.41, 5.74) is 5.88. The van der Waals surface area contributed by atoms with E-state index in [1.807, 2.05) is 18.2 Å². The van der Waals surface area contributed by atoms with Crippen LogP contribution in [0.3, 0.4) is 0 Å². The van der Waals surface area contributed by atoms with Crippen LogP contribution >= 0.6 is 0 Å². The molecule has 1 aliphatic carbocycles. The molecule has 1 aliphatic rings. The van der Waals surface area contributed by atoms with Crippen molar-refractivity contribution in [3.63, 3.8) is 0 Å². The number of rotatable bonds is 5. The number of benzene rings is 2. The van der Waals surface area contributed by atoms with Crippen molar-refractivity contribution in [1.82, 2.24) is 10.2 Å². The second kappa shape index (κ2) is 7.97. The van der Waals surface area contributed by atoms with Gasteiger partial charge in [0, 0.05) is 5.56 Å². The molecule has 2 aromatic carbocycles. The third-order valence-electron chi connectivity index (χ3n) is 5.28. The van der Waals surface area contributed by atoms with Gasteiger partial charge in [-0.1, -0.05) is 49.3 Å². The number of aromatic nitrogens is 2. The lowest BCUT2D eigenvalue weighted by Crippen LogP contribution is -2.14. The highest BCUT2D eigenvalue weighted by molar-refractivity contribution is 5.90. The molecule has 3 aromatic rings. The minimum Gasteiger partial charge on any atom is -0.403 e. The molecule has 0 unspecified atom stereocenters. The minimum atomic E-state index is -0.169. The van der Waals surface area contributed by atoms with E-state index in [0.29, 0.717) is 11.8 Å². The maximum Gasteiger partial charge on any atom is 0.322 e. The largest absolute Gasteiger partial charge is 0.403 e. The summed E-state index contributed by atoms with van der Waals surface area (Å²) in [6, 6.07) is 14.5. The Morgan fingerprint density at radius 3 is 2.54 bits per heavy atom. The smallest absolute Gasteiger partial charge is 0.322 e. The van der Waals surface area contributed by atoms with Crippen LogP contribution in [0.15, 0.2) is 46.9 Å². The molecule has 1 N–H and O–H groups in total. The van der Waals surface area contributed by atoms with Crippen molar-refractivity contribution in [3.8, 4) is 11.5 Å². The molecular formula is C23H25N3O2. The van der Waals surface area contributed by atoms with Gasteiger partial charge in [-0.25, -0.2) is 0 Å². The molecule has 0 saturated carbocycles. The standard InChI is InChI=1S/C23H25N3O2/c1-15(2)17-9-7-16(8-10-17)13-21(27)24-23-26-25-22(28-23)20-12-11-18-5-3-4-6-19(18)14-20/h7-12,14-15H,3-6,13H2,1-2H3,(H,24,26,27). The maximum atomic E-state index is 12.3. The second-order valence-corrected chi connectivity index (χ2v) is 7.72. The van der Waals surface area contributed by atoms with Gasteiger partial charge < -0.3 is 4.42 Å². The Kier molecular flexibility index (Phi) is 5.24. The molecule has 0 radical (unpaired) electrons. The number of carbonyl (C=O) groups excluding carboxylic acids is 1. The van der Waals surface area contributed by atoms with Crippen LogP contribution in [-0.2, 0) is 24.1 Å². The maximum absolute atomic E-state index is 12.3. The van der Waals surface area contributed by atoms with E-state index < -0.39 is 0 Å². The van der Waals surface area contributed by atoms with Crippen LogP contribution < -0.4 is 5.32 Å². The fraction of sp³-hybridized carbons (Fsp3) is 0.348. The zero-order valence-electron chi connectivity index (χ0n) is 16.4. The SMILES string of the molecule is CC(C)c1ccc(CC(=O)Nc2nnc(-c3ccc4c(c3)CCCC4)o2)cc1. The predicted octanol–water partition coefficient (Wildman–Crippen LogP) is 4.92.